The second kappa shape index (κ2) is 5.37. The first-order valence-corrected chi connectivity index (χ1v) is 5.39. The van der Waals surface area contributed by atoms with E-state index in [9.17, 15) is 5.11 Å². The smallest absolute Gasteiger partial charge is 0.129 e. The van der Waals surface area contributed by atoms with Gasteiger partial charge in [-0.25, -0.2) is 0 Å². The molecule has 0 aliphatic rings. The molecule has 0 aliphatic heterocycles. The highest BCUT2D eigenvalue weighted by atomic mass is 16.5. The Balaban J connectivity index is 2.11. The number of aliphatic hydroxyl groups excluding tert-OH is 1. The molecule has 2 rings (SSSR count). The van der Waals surface area contributed by atoms with Crippen LogP contribution in [0.25, 0.3) is 0 Å². The minimum atomic E-state index is -0.107. The molecule has 0 saturated carbocycles. The predicted octanol–water partition coefficient (Wildman–Crippen LogP) is 2.46. The van der Waals surface area contributed by atoms with E-state index in [1.807, 2.05) is 30.3 Å². The number of phenols is 1. The molecule has 0 radical (unpaired) electrons. The SMILES string of the molecule is OCc1ccc(O)cc1OCc1ccccc1. The Morgan fingerprint density at radius 1 is 1.00 bits per heavy atom. The van der Waals surface area contributed by atoms with Crippen molar-refractivity contribution >= 4 is 0 Å². The minimum absolute atomic E-state index is 0.107. The molecular weight excluding hydrogens is 216 g/mol. The van der Waals surface area contributed by atoms with Crippen LogP contribution >= 0.6 is 0 Å². The van der Waals surface area contributed by atoms with Crippen molar-refractivity contribution in [2.24, 2.45) is 0 Å². The van der Waals surface area contributed by atoms with Crippen molar-refractivity contribution in [1.29, 1.82) is 0 Å². The quantitative estimate of drug-likeness (QED) is 0.848. The van der Waals surface area contributed by atoms with Gasteiger partial charge in [-0.05, 0) is 17.7 Å². The lowest BCUT2D eigenvalue weighted by Gasteiger charge is -2.10. The van der Waals surface area contributed by atoms with Crippen molar-refractivity contribution in [2.75, 3.05) is 0 Å². The largest absolute Gasteiger partial charge is 0.508 e. The average Bonchev–Trinajstić information content (AvgIpc) is 2.38. The molecule has 17 heavy (non-hydrogen) atoms. The second-order valence-electron chi connectivity index (χ2n) is 3.72. The summed E-state index contributed by atoms with van der Waals surface area (Å²) < 4.78 is 5.57. The van der Waals surface area contributed by atoms with Crippen LogP contribution < -0.4 is 4.74 Å². The highest BCUT2D eigenvalue weighted by molar-refractivity contribution is 5.39. The van der Waals surface area contributed by atoms with Crippen molar-refractivity contribution in [3.63, 3.8) is 0 Å². The zero-order valence-electron chi connectivity index (χ0n) is 9.34. The molecule has 3 heteroatoms. The molecule has 0 fully saturated rings. The third-order valence-electron chi connectivity index (χ3n) is 2.46. The van der Waals surface area contributed by atoms with E-state index in [0.29, 0.717) is 17.9 Å². The number of hydrogen-bond donors (Lipinski definition) is 2. The van der Waals surface area contributed by atoms with E-state index in [0.717, 1.165) is 5.56 Å². The van der Waals surface area contributed by atoms with Crippen LogP contribution in [0, 0.1) is 0 Å². The molecule has 0 spiro atoms. The Hall–Kier alpha value is -2.00. The average molecular weight is 230 g/mol. The van der Waals surface area contributed by atoms with Gasteiger partial charge in [0.15, 0.2) is 0 Å². The molecule has 2 aromatic carbocycles. The lowest BCUT2D eigenvalue weighted by Crippen LogP contribution is -1.98. The van der Waals surface area contributed by atoms with Crippen molar-refractivity contribution in [2.45, 2.75) is 13.2 Å². The molecule has 0 bridgehead atoms. The number of phenolic OH excluding ortho intramolecular Hbond substituents is 1. The molecule has 2 N–H and O–H groups in total. The standard InChI is InChI=1S/C14H14O3/c15-9-12-6-7-13(16)8-14(12)17-10-11-4-2-1-3-5-11/h1-8,15-16H,9-10H2. The van der Waals surface area contributed by atoms with Crippen molar-refractivity contribution < 1.29 is 14.9 Å². The van der Waals surface area contributed by atoms with Gasteiger partial charge in [-0.1, -0.05) is 30.3 Å². The number of aliphatic hydroxyl groups is 1. The maximum Gasteiger partial charge on any atom is 0.129 e. The van der Waals surface area contributed by atoms with Crippen LogP contribution in [0.4, 0.5) is 0 Å². The van der Waals surface area contributed by atoms with E-state index in [1.165, 1.54) is 12.1 Å². The Morgan fingerprint density at radius 3 is 2.47 bits per heavy atom. The summed E-state index contributed by atoms with van der Waals surface area (Å²) in [5, 5.41) is 18.5. The molecule has 0 amide bonds. The van der Waals surface area contributed by atoms with Crippen molar-refractivity contribution in [1.82, 2.24) is 0 Å². The molecule has 88 valence electrons. The molecule has 0 saturated heterocycles. The van der Waals surface area contributed by atoms with Crippen molar-refractivity contribution in [3.8, 4) is 11.5 Å². The topological polar surface area (TPSA) is 49.7 Å². The van der Waals surface area contributed by atoms with Gasteiger partial charge < -0.3 is 14.9 Å². The highest BCUT2D eigenvalue weighted by Crippen LogP contribution is 2.24. The van der Waals surface area contributed by atoms with Crippen LogP contribution in [0.5, 0.6) is 11.5 Å². The second-order valence-corrected chi connectivity index (χ2v) is 3.72. The van der Waals surface area contributed by atoms with Gasteiger partial charge in [-0.15, -0.1) is 0 Å². The summed E-state index contributed by atoms with van der Waals surface area (Å²) in [6, 6.07) is 14.4. The first-order chi connectivity index (χ1) is 8.29. The number of benzene rings is 2. The molecule has 0 unspecified atom stereocenters. The summed E-state index contributed by atoms with van der Waals surface area (Å²) in [5.74, 6) is 0.640. The van der Waals surface area contributed by atoms with E-state index < -0.39 is 0 Å². The fourth-order valence-electron chi connectivity index (χ4n) is 1.54. The molecule has 0 atom stereocenters. The summed E-state index contributed by atoms with van der Waals surface area (Å²) in [4.78, 5) is 0. The summed E-state index contributed by atoms with van der Waals surface area (Å²) >= 11 is 0. The van der Waals surface area contributed by atoms with E-state index in [2.05, 4.69) is 0 Å². The maximum atomic E-state index is 9.37. The molecule has 0 aliphatic carbocycles. The summed E-state index contributed by atoms with van der Waals surface area (Å²) in [6.45, 7) is 0.307. The van der Waals surface area contributed by atoms with Gasteiger partial charge >= 0.3 is 0 Å². The lowest BCUT2D eigenvalue weighted by molar-refractivity contribution is 0.258. The normalized spacial score (nSPS) is 10.2. The van der Waals surface area contributed by atoms with Crippen molar-refractivity contribution in [3.05, 3.63) is 59.7 Å². The summed E-state index contributed by atoms with van der Waals surface area (Å²) in [6.07, 6.45) is 0. The van der Waals surface area contributed by atoms with Gasteiger partial charge in [-0.2, -0.15) is 0 Å². The summed E-state index contributed by atoms with van der Waals surface area (Å²) in [5.41, 5.74) is 1.71. The Labute approximate surface area is 99.9 Å². The van der Waals surface area contributed by atoms with Crippen LogP contribution in [0.15, 0.2) is 48.5 Å². The van der Waals surface area contributed by atoms with Gasteiger partial charge in [0.2, 0.25) is 0 Å². The zero-order chi connectivity index (χ0) is 12.1. The lowest BCUT2D eigenvalue weighted by atomic mass is 10.2. The predicted molar refractivity (Wildman–Crippen MR) is 64.8 cm³/mol. The Bertz CT molecular complexity index is 480. The van der Waals surface area contributed by atoms with E-state index in [-0.39, 0.29) is 12.4 Å². The monoisotopic (exact) mass is 230 g/mol. The van der Waals surface area contributed by atoms with Gasteiger partial charge in [0, 0.05) is 11.6 Å². The van der Waals surface area contributed by atoms with Crippen LogP contribution in [-0.4, -0.2) is 10.2 Å². The van der Waals surface area contributed by atoms with Gasteiger partial charge in [0.05, 0.1) is 6.61 Å². The fourth-order valence-corrected chi connectivity index (χ4v) is 1.54. The van der Waals surface area contributed by atoms with Crippen LogP contribution in [0.2, 0.25) is 0 Å². The molecule has 2 aromatic rings. The molecule has 0 aromatic heterocycles. The molecule has 3 nitrogen and oxygen atoms in total. The maximum absolute atomic E-state index is 9.37. The van der Waals surface area contributed by atoms with Crippen LogP contribution in [0.1, 0.15) is 11.1 Å². The number of rotatable bonds is 4. The number of hydrogen-bond acceptors (Lipinski definition) is 3. The number of ether oxygens (including phenoxy) is 1. The van der Waals surface area contributed by atoms with E-state index in [4.69, 9.17) is 9.84 Å². The third kappa shape index (κ3) is 2.98. The third-order valence-corrected chi connectivity index (χ3v) is 2.46. The Morgan fingerprint density at radius 2 is 1.76 bits per heavy atom. The Kier molecular flexibility index (Phi) is 3.62. The van der Waals surface area contributed by atoms with E-state index >= 15 is 0 Å². The molecular formula is C14H14O3. The van der Waals surface area contributed by atoms with Crippen LogP contribution in [0.3, 0.4) is 0 Å². The number of aromatic hydroxyl groups is 1. The van der Waals surface area contributed by atoms with Gasteiger partial charge in [0.1, 0.15) is 18.1 Å². The van der Waals surface area contributed by atoms with Gasteiger partial charge in [0.25, 0.3) is 0 Å². The minimum Gasteiger partial charge on any atom is -0.508 e. The first kappa shape index (κ1) is 11.5. The van der Waals surface area contributed by atoms with Gasteiger partial charge in [-0.3, -0.25) is 0 Å². The van der Waals surface area contributed by atoms with E-state index in [1.54, 1.807) is 6.07 Å². The zero-order valence-corrected chi connectivity index (χ0v) is 9.34. The molecule has 0 heterocycles. The highest BCUT2D eigenvalue weighted by Gasteiger charge is 2.04. The summed E-state index contributed by atoms with van der Waals surface area (Å²) in [7, 11) is 0. The fraction of sp³-hybridized carbons (Fsp3) is 0.143. The first-order valence-electron chi connectivity index (χ1n) is 5.39. The van der Waals surface area contributed by atoms with Crippen LogP contribution in [-0.2, 0) is 13.2 Å².